The highest BCUT2D eigenvalue weighted by molar-refractivity contribution is 5.95. The first-order valence-corrected chi connectivity index (χ1v) is 7.78. The van der Waals surface area contributed by atoms with Crippen molar-refractivity contribution >= 4 is 11.8 Å². The highest BCUT2D eigenvalue weighted by atomic mass is 16.2. The Morgan fingerprint density at radius 2 is 2.16 bits per heavy atom. The van der Waals surface area contributed by atoms with E-state index < -0.39 is 11.5 Å². The van der Waals surface area contributed by atoms with Crippen molar-refractivity contribution in [1.29, 1.82) is 0 Å². The number of primary amides is 1. The van der Waals surface area contributed by atoms with Gasteiger partial charge in [0.1, 0.15) is 5.56 Å². The molecule has 0 spiro atoms. The maximum absolute atomic E-state index is 12.5. The number of aromatic nitrogens is 2. The molecular weight excluding hydrogens is 320 g/mol. The van der Waals surface area contributed by atoms with E-state index in [0.717, 1.165) is 6.42 Å². The van der Waals surface area contributed by atoms with E-state index >= 15 is 0 Å². The maximum atomic E-state index is 12.5. The van der Waals surface area contributed by atoms with Crippen molar-refractivity contribution in [2.24, 2.45) is 5.73 Å². The van der Waals surface area contributed by atoms with E-state index in [-0.39, 0.29) is 17.5 Å². The van der Waals surface area contributed by atoms with E-state index in [0.29, 0.717) is 35.2 Å². The van der Waals surface area contributed by atoms with Crippen LogP contribution in [0, 0.1) is 12.3 Å². The first-order valence-electron chi connectivity index (χ1n) is 7.78. The number of H-pyrrole nitrogens is 1. The fraction of sp³-hybridized carbons (Fsp3) is 0.222. The van der Waals surface area contributed by atoms with E-state index in [1.54, 1.807) is 6.07 Å². The molecule has 0 fully saturated rings. The van der Waals surface area contributed by atoms with Crippen molar-refractivity contribution in [2.75, 3.05) is 0 Å². The van der Waals surface area contributed by atoms with Gasteiger partial charge < -0.3 is 16.0 Å². The lowest BCUT2D eigenvalue weighted by Crippen LogP contribution is -2.34. The molecule has 0 saturated carbocycles. The van der Waals surface area contributed by atoms with Crippen LogP contribution in [-0.2, 0) is 6.42 Å². The lowest BCUT2D eigenvalue weighted by Gasteiger charge is -2.26. The molecule has 1 aliphatic rings. The van der Waals surface area contributed by atoms with Crippen molar-refractivity contribution in [1.82, 2.24) is 15.3 Å². The number of rotatable bonds is 3. The second kappa shape index (κ2) is 6.61. The summed E-state index contributed by atoms with van der Waals surface area (Å²) < 4.78 is 0. The zero-order chi connectivity index (χ0) is 18.0. The number of aryl methyl sites for hydroxylation is 1. The summed E-state index contributed by atoms with van der Waals surface area (Å²) in [6.07, 6.45) is 10.4. The van der Waals surface area contributed by atoms with Gasteiger partial charge in [-0.1, -0.05) is 5.92 Å². The fourth-order valence-corrected chi connectivity index (χ4v) is 2.96. The number of fused-ring (bicyclic) bond motifs is 1. The topological polar surface area (TPSA) is 118 Å². The molecule has 7 nitrogen and oxygen atoms in total. The number of nitrogens with zero attached hydrogens (tertiary/aromatic N) is 1. The van der Waals surface area contributed by atoms with Crippen LogP contribution < -0.4 is 16.6 Å². The molecular formula is C18H16N4O3. The molecule has 3 rings (SSSR count). The Balaban J connectivity index is 1.91. The number of pyridine rings is 2. The first-order chi connectivity index (χ1) is 12.0. The molecule has 0 unspecified atom stereocenters. The summed E-state index contributed by atoms with van der Waals surface area (Å²) >= 11 is 0. The molecule has 25 heavy (non-hydrogen) atoms. The molecule has 0 aromatic carbocycles. The summed E-state index contributed by atoms with van der Waals surface area (Å²) in [7, 11) is 0. The third-order valence-electron chi connectivity index (χ3n) is 4.19. The summed E-state index contributed by atoms with van der Waals surface area (Å²) in [5, 5.41) is 2.91. The van der Waals surface area contributed by atoms with Crippen LogP contribution in [0.25, 0.3) is 0 Å². The number of amides is 2. The van der Waals surface area contributed by atoms with E-state index in [4.69, 9.17) is 12.2 Å². The summed E-state index contributed by atoms with van der Waals surface area (Å²) in [6.45, 7) is 0. The predicted molar refractivity (Wildman–Crippen MR) is 90.9 cm³/mol. The third-order valence-corrected chi connectivity index (χ3v) is 4.19. The lowest BCUT2D eigenvalue weighted by atomic mass is 9.90. The lowest BCUT2D eigenvalue weighted by molar-refractivity contribution is 0.0932. The van der Waals surface area contributed by atoms with Crippen molar-refractivity contribution in [3.63, 3.8) is 0 Å². The maximum Gasteiger partial charge on any atom is 0.261 e. The largest absolute Gasteiger partial charge is 0.365 e. The Bertz CT molecular complexity index is 956. The van der Waals surface area contributed by atoms with E-state index in [9.17, 15) is 14.4 Å². The minimum atomic E-state index is -0.800. The zero-order valence-electron chi connectivity index (χ0n) is 13.3. The Morgan fingerprint density at radius 3 is 2.88 bits per heavy atom. The van der Waals surface area contributed by atoms with Gasteiger partial charge in [0.05, 0.1) is 11.6 Å². The van der Waals surface area contributed by atoms with Gasteiger partial charge in [0.15, 0.2) is 0 Å². The number of carbonyl (C=O) groups is 2. The van der Waals surface area contributed by atoms with Gasteiger partial charge in [0.2, 0.25) is 0 Å². The quantitative estimate of drug-likeness (QED) is 0.713. The SMILES string of the molecule is C#Cc1cncc(C(=O)N[C@@H]2CCCc3[nH]c(=O)c(C(N)=O)cc32)c1. The molecule has 0 bridgehead atoms. The molecule has 2 heterocycles. The second-order valence-corrected chi connectivity index (χ2v) is 5.84. The standard InChI is InChI=1S/C18H16N4O3/c1-2-10-6-11(9-20-8-10)17(24)21-14-4-3-5-15-12(14)7-13(16(19)23)18(25)22-15/h1,6-9,14H,3-5H2,(H2,19,23)(H,21,24)(H,22,25)/t14-/m1/s1. The minimum Gasteiger partial charge on any atom is -0.365 e. The van der Waals surface area contributed by atoms with Crippen molar-refractivity contribution in [2.45, 2.75) is 25.3 Å². The van der Waals surface area contributed by atoms with Crippen LogP contribution in [0.4, 0.5) is 0 Å². The summed E-state index contributed by atoms with van der Waals surface area (Å²) in [5.74, 6) is 1.31. The van der Waals surface area contributed by atoms with Crippen LogP contribution in [-0.4, -0.2) is 21.8 Å². The Morgan fingerprint density at radius 1 is 1.36 bits per heavy atom. The third kappa shape index (κ3) is 3.28. The van der Waals surface area contributed by atoms with E-state index in [1.807, 2.05) is 0 Å². The molecule has 2 aromatic heterocycles. The zero-order valence-corrected chi connectivity index (χ0v) is 13.3. The monoisotopic (exact) mass is 336 g/mol. The van der Waals surface area contributed by atoms with Gasteiger partial charge in [-0.25, -0.2) is 0 Å². The Labute approximate surface area is 143 Å². The predicted octanol–water partition coefficient (Wildman–Crippen LogP) is 0.657. The van der Waals surface area contributed by atoms with Gasteiger partial charge in [-0.05, 0) is 37.0 Å². The fourth-order valence-electron chi connectivity index (χ4n) is 2.96. The number of aromatic amines is 1. The van der Waals surface area contributed by atoms with Gasteiger partial charge in [-0.2, -0.15) is 0 Å². The highest BCUT2D eigenvalue weighted by Crippen LogP contribution is 2.28. The molecule has 2 aromatic rings. The molecule has 4 N–H and O–H groups in total. The van der Waals surface area contributed by atoms with Gasteiger partial charge >= 0.3 is 0 Å². The van der Waals surface area contributed by atoms with Crippen molar-refractivity contribution < 1.29 is 9.59 Å². The Hall–Kier alpha value is -3.40. The number of nitrogens with two attached hydrogens (primary N) is 1. The molecule has 1 atom stereocenters. The van der Waals surface area contributed by atoms with Crippen LogP contribution in [0.3, 0.4) is 0 Å². The molecule has 126 valence electrons. The van der Waals surface area contributed by atoms with Crippen LogP contribution in [0.2, 0.25) is 0 Å². The van der Waals surface area contributed by atoms with E-state index in [2.05, 4.69) is 21.2 Å². The summed E-state index contributed by atoms with van der Waals surface area (Å²) in [5.41, 5.74) is 6.89. The van der Waals surface area contributed by atoms with E-state index in [1.165, 1.54) is 18.5 Å². The first kappa shape index (κ1) is 16.5. The molecule has 2 amide bonds. The normalized spacial score (nSPS) is 15.7. The van der Waals surface area contributed by atoms with Crippen LogP contribution >= 0.6 is 0 Å². The minimum absolute atomic E-state index is 0.115. The van der Waals surface area contributed by atoms with Crippen LogP contribution in [0.5, 0.6) is 0 Å². The summed E-state index contributed by atoms with van der Waals surface area (Å²) in [4.78, 5) is 42.4. The number of nitrogens with one attached hydrogen (secondary N) is 2. The van der Waals surface area contributed by atoms with Crippen molar-refractivity contribution in [3.8, 4) is 12.3 Å². The number of terminal acetylenes is 1. The number of hydrogen-bond acceptors (Lipinski definition) is 4. The second-order valence-electron chi connectivity index (χ2n) is 5.84. The number of carbonyl (C=O) groups excluding carboxylic acids is 2. The van der Waals surface area contributed by atoms with Crippen molar-refractivity contribution in [3.05, 3.63) is 62.8 Å². The van der Waals surface area contributed by atoms with Gasteiger partial charge in [-0.3, -0.25) is 19.4 Å². The summed E-state index contributed by atoms with van der Waals surface area (Å²) in [6, 6.07) is 2.71. The molecule has 7 heteroatoms. The van der Waals surface area contributed by atoms with Gasteiger partial charge in [0, 0.05) is 23.7 Å². The number of hydrogen-bond donors (Lipinski definition) is 3. The average molecular weight is 336 g/mol. The molecule has 0 radical (unpaired) electrons. The smallest absolute Gasteiger partial charge is 0.261 e. The van der Waals surface area contributed by atoms with Gasteiger partial charge in [-0.15, -0.1) is 6.42 Å². The van der Waals surface area contributed by atoms with Gasteiger partial charge in [0.25, 0.3) is 17.4 Å². The molecule has 0 saturated heterocycles. The molecule has 0 aliphatic heterocycles. The van der Waals surface area contributed by atoms with Crippen LogP contribution in [0.15, 0.2) is 29.3 Å². The highest BCUT2D eigenvalue weighted by Gasteiger charge is 2.25. The Kier molecular flexibility index (Phi) is 4.35. The average Bonchev–Trinajstić information content (AvgIpc) is 2.61. The molecule has 1 aliphatic carbocycles. The van der Waals surface area contributed by atoms with Crippen LogP contribution in [0.1, 0.15) is 56.4 Å².